The number of nitrogens with zero attached hydrogens (tertiary/aromatic N) is 2. The van der Waals surface area contributed by atoms with E-state index in [-0.39, 0.29) is 13.2 Å². The van der Waals surface area contributed by atoms with Crippen molar-refractivity contribution in [3.05, 3.63) is 47.8 Å². The highest BCUT2D eigenvalue weighted by Gasteiger charge is 2.11. The van der Waals surface area contributed by atoms with Crippen molar-refractivity contribution in [1.82, 2.24) is 9.55 Å². The van der Waals surface area contributed by atoms with Gasteiger partial charge in [0, 0.05) is 5.75 Å². The number of thioether (sulfide) groups is 1. The Morgan fingerprint density at radius 1 is 1.35 bits per heavy atom. The average molecular weight is 291 g/mol. The van der Waals surface area contributed by atoms with Gasteiger partial charge in [0.25, 0.3) is 0 Å². The quantitative estimate of drug-likeness (QED) is 0.751. The molecule has 0 spiro atoms. The van der Waals surface area contributed by atoms with Gasteiger partial charge in [0.05, 0.1) is 18.5 Å². The molecule has 0 aliphatic rings. The van der Waals surface area contributed by atoms with Crippen LogP contribution >= 0.6 is 11.8 Å². The van der Waals surface area contributed by atoms with E-state index in [0.717, 1.165) is 12.2 Å². The number of primary amides is 1. The molecule has 106 valence electrons. The van der Waals surface area contributed by atoms with Gasteiger partial charge >= 0.3 is 0 Å². The van der Waals surface area contributed by atoms with Crippen LogP contribution < -0.4 is 5.73 Å². The molecule has 0 saturated heterocycles. The Kier molecular flexibility index (Phi) is 5.20. The molecule has 1 amide bonds. The normalized spacial score (nSPS) is 10.7. The SMILES string of the molecule is NC(=O)Cn1c(CO)cnc1SCCc1ccccc1. The van der Waals surface area contributed by atoms with E-state index >= 15 is 0 Å². The number of aryl methyl sites for hydroxylation is 1. The number of carbonyl (C=O) groups excluding carboxylic acids is 1. The van der Waals surface area contributed by atoms with Crippen LogP contribution in [0.15, 0.2) is 41.7 Å². The number of benzene rings is 1. The highest BCUT2D eigenvalue weighted by molar-refractivity contribution is 7.99. The van der Waals surface area contributed by atoms with Crippen molar-refractivity contribution in [2.45, 2.75) is 24.7 Å². The molecule has 0 fully saturated rings. The lowest BCUT2D eigenvalue weighted by Gasteiger charge is -2.08. The Morgan fingerprint density at radius 2 is 2.10 bits per heavy atom. The van der Waals surface area contributed by atoms with Crippen LogP contribution in [-0.4, -0.2) is 26.3 Å². The molecular formula is C14H17N3O2S. The third kappa shape index (κ3) is 3.85. The predicted molar refractivity (Wildman–Crippen MR) is 78.2 cm³/mol. The second-order valence-electron chi connectivity index (χ2n) is 4.33. The summed E-state index contributed by atoms with van der Waals surface area (Å²) in [7, 11) is 0. The molecule has 1 aromatic carbocycles. The number of nitrogens with two attached hydrogens (primary N) is 1. The van der Waals surface area contributed by atoms with Gasteiger partial charge in [-0.15, -0.1) is 0 Å². The van der Waals surface area contributed by atoms with Crippen molar-refractivity contribution in [2.24, 2.45) is 5.73 Å². The van der Waals surface area contributed by atoms with Crippen molar-refractivity contribution in [3.8, 4) is 0 Å². The summed E-state index contributed by atoms with van der Waals surface area (Å²) in [5, 5.41) is 9.94. The number of hydrogen-bond donors (Lipinski definition) is 2. The zero-order valence-electron chi connectivity index (χ0n) is 11.0. The number of aromatic nitrogens is 2. The molecule has 20 heavy (non-hydrogen) atoms. The van der Waals surface area contributed by atoms with Crippen LogP contribution in [0.2, 0.25) is 0 Å². The Labute approximate surface area is 121 Å². The third-order valence-corrected chi connectivity index (χ3v) is 3.83. The number of aliphatic hydroxyl groups excluding tert-OH is 1. The first-order chi connectivity index (χ1) is 9.70. The van der Waals surface area contributed by atoms with Crippen molar-refractivity contribution in [1.29, 1.82) is 0 Å². The lowest BCUT2D eigenvalue weighted by molar-refractivity contribution is -0.118. The molecule has 3 N–H and O–H groups in total. The van der Waals surface area contributed by atoms with Crippen LogP contribution in [0.5, 0.6) is 0 Å². The molecule has 0 bridgehead atoms. The van der Waals surface area contributed by atoms with E-state index < -0.39 is 5.91 Å². The Balaban J connectivity index is 1.98. The molecule has 0 aliphatic heterocycles. The van der Waals surface area contributed by atoms with Crippen molar-refractivity contribution < 1.29 is 9.90 Å². The minimum absolute atomic E-state index is 0.0452. The molecule has 2 aromatic rings. The summed E-state index contributed by atoms with van der Waals surface area (Å²) in [4.78, 5) is 15.3. The molecule has 1 heterocycles. The van der Waals surface area contributed by atoms with E-state index in [1.807, 2.05) is 18.2 Å². The number of rotatable bonds is 7. The van der Waals surface area contributed by atoms with E-state index in [4.69, 9.17) is 5.73 Å². The summed E-state index contributed by atoms with van der Waals surface area (Å²) in [6.45, 7) is -0.108. The number of imidazole rings is 1. The molecule has 0 aliphatic carbocycles. The maximum atomic E-state index is 11.1. The van der Waals surface area contributed by atoms with Crippen LogP contribution in [0.4, 0.5) is 0 Å². The fourth-order valence-corrected chi connectivity index (χ4v) is 2.85. The Bertz CT molecular complexity index is 569. The predicted octanol–water partition coefficient (Wildman–Crippen LogP) is 1.20. The second-order valence-corrected chi connectivity index (χ2v) is 5.39. The summed E-state index contributed by atoms with van der Waals surface area (Å²) in [5.41, 5.74) is 7.08. The summed E-state index contributed by atoms with van der Waals surface area (Å²) >= 11 is 1.55. The molecule has 6 heteroatoms. The minimum Gasteiger partial charge on any atom is -0.390 e. The van der Waals surface area contributed by atoms with Crippen molar-refractivity contribution in [2.75, 3.05) is 5.75 Å². The maximum Gasteiger partial charge on any atom is 0.237 e. The fraction of sp³-hybridized carbons (Fsp3) is 0.286. The van der Waals surface area contributed by atoms with Gasteiger partial charge in [-0.3, -0.25) is 4.79 Å². The highest BCUT2D eigenvalue weighted by atomic mass is 32.2. The lowest BCUT2D eigenvalue weighted by Crippen LogP contribution is -2.20. The van der Waals surface area contributed by atoms with E-state index in [2.05, 4.69) is 17.1 Å². The summed E-state index contributed by atoms with van der Waals surface area (Å²) in [6, 6.07) is 10.2. The highest BCUT2D eigenvalue weighted by Crippen LogP contribution is 2.20. The first kappa shape index (κ1) is 14.6. The Morgan fingerprint density at radius 3 is 2.75 bits per heavy atom. The van der Waals surface area contributed by atoms with Crippen LogP contribution in [0.25, 0.3) is 0 Å². The van der Waals surface area contributed by atoms with Gasteiger partial charge in [-0.1, -0.05) is 42.1 Å². The zero-order valence-corrected chi connectivity index (χ0v) is 11.8. The summed E-state index contributed by atoms with van der Waals surface area (Å²) in [6.07, 6.45) is 2.50. The monoisotopic (exact) mass is 291 g/mol. The molecule has 0 saturated carbocycles. The van der Waals surface area contributed by atoms with Crippen LogP contribution in [-0.2, 0) is 24.4 Å². The second kappa shape index (κ2) is 7.12. The molecule has 1 aromatic heterocycles. The number of amides is 1. The fourth-order valence-electron chi connectivity index (χ4n) is 1.86. The van der Waals surface area contributed by atoms with E-state index in [0.29, 0.717) is 10.9 Å². The number of aliphatic hydroxyl groups is 1. The van der Waals surface area contributed by atoms with Gasteiger partial charge in [-0.25, -0.2) is 4.98 Å². The standard InChI is InChI=1S/C14H17N3O2S/c15-13(19)9-17-12(10-18)8-16-14(17)20-7-6-11-4-2-1-3-5-11/h1-5,8,18H,6-7,9-10H2,(H2,15,19). The zero-order chi connectivity index (χ0) is 14.4. The van der Waals surface area contributed by atoms with Gasteiger partial charge in [0.2, 0.25) is 5.91 Å². The molecular weight excluding hydrogens is 274 g/mol. The molecule has 2 rings (SSSR count). The topological polar surface area (TPSA) is 81.1 Å². The van der Waals surface area contributed by atoms with Gasteiger partial charge in [-0.05, 0) is 12.0 Å². The number of carbonyl (C=O) groups is 1. The van der Waals surface area contributed by atoms with Crippen molar-refractivity contribution in [3.63, 3.8) is 0 Å². The smallest absolute Gasteiger partial charge is 0.237 e. The third-order valence-electron chi connectivity index (χ3n) is 2.84. The first-order valence-corrected chi connectivity index (χ1v) is 7.29. The van der Waals surface area contributed by atoms with E-state index in [9.17, 15) is 9.90 Å². The maximum absolute atomic E-state index is 11.1. The van der Waals surface area contributed by atoms with Gasteiger partial charge in [-0.2, -0.15) is 0 Å². The van der Waals surface area contributed by atoms with Gasteiger partial charge in [0.1, 0.15) is 6.54 Å². The molecule has 5 nitrogen and oxygen atoms in total. The van der Waals surface area contributed by atoms with E-state index in [1.54, 1.807) is 22.5 Å². The Hall–Kier alpha value is -1.79. The van der Waals surface area contributed by atoms with Crippen molar-refractivity contribution >= 4 is 17.7 Å². The summed E-state index contributed by atoms with van der Waals surface area (Å²) in [5.74, 6) is 0.410. The van der Waals surface area contributed by atoms with Crippen LogP contribution in [0, 0.1) is 0 Å². The minimum atomic E-state index is -0.442. The van der Waals surface area contributed by atoms with Gasteiger partial charge < -0.3 is 15.4 Å². The summed E-state index contributed by atoms with van der Waals surface area (Å²) < 4.78 is 1.66. The van der Waals surface area contributed by atoms with Crippen LogP contribution in [0.3, 0.4) is 0 Å². The average Bonchev–Trinajstić information content (AvgIpc) is 2.82. The molecule has 0 radical (unpaired) electrons. The molecule has 0 unspecified atom stereocenters. The van der Waals surface area contributed by atoms with E-state index in [1.165, 1.54) is 5.56 Å². The number of hydrogen-bond acceptors (Lipinski definition) is 4. The lowest BCUT2D eigenvalue weighted by atomic mass is 10.2. The van der Waals surface area contributed by atoms with Gasteiger partial charge in [0.15, 0.2) is 5.16 Å². The first-order valence-electron chi connectivity index (χ1n) is 6.31. The largest absolute Gasteiger partial charge is 0.390 e. The van der Waals surface area contributed by atoms with Crippen LogP contribution in [0.1, 0.15) is 11.3 Å². The molecule has 0 atom stereocenters.